The quantitative estimate of drug-likeness (QED) is 0.288. The lowest BCUT2D eigenvalue weighted by atomic mass is 10.1. The second kappa shape index (κ2) is 11.3. The van der Waals surface area contributed by atoms with Crippen molar-refractivity contribution < 1.29 is 35.9 Å². The van der Waals surface area contributed by atoms with Crippen molar-refractivity contribution in [2.75, 3.05) is 7.11 Å². The second-order valence-corrected chi connectivity index (χ2v) is 10.9. The van der Waals surface area contributed by atoms with Gasteiger partial charge in [0.15, 0.2) is 6.04 Å². The van der Waals surface area contributed by atoms with Crippen molar-refractivity contribution >= 4 is 27.3 Å². The summed E-state index contributed by atoms with van der Waals surface area (Å²) in [4.78, 5) is 17.3. The summed E-state index contributed by atoms with van der Waals surface area (Å²) in [5, 5.41) is 7.84. The van der Waals surface area contributed by atoms with Crippen molar-refractivity contribution in [2.45, 2.75) is 29.6 Å². The van der Waals surface area contributed by atoms with E-state index in [1.54, 1.807) is 30.5 Å². The molecule has 15 heteroatoms. The van der Waals surface area contributed by atoms with Crippen molar-refractivity contribution in [2.24, 2.45) is 0 Å². The van der Waals surface area contributed by atoms with Gasteiger partial charge < -0.3 is 9.47 Å². The first-order chi connectivity index (χ1) is 18.0. The van der Waals surface area contributed by atoms with Gasteiger partial charge in [-0.1, -0.05) is 23.4 Å². The van der Waals surface area contributed by atoms with Crippen LogP contribution in [-0.2, 0) is 32.5 Å². The first kappa shape index (κ1) is 27.2. The van der Waals surface area contributed by atoms with Gasteiger partial charge in [-0.2, -0.15) is 0 Å². The molecule has 1 atom stereocenters. The zero-order valence-electron chi connectivity index (χ0n) is 19.6. The third-order valence-corrected chi connectivity index (χ3v) is 8.14. The maximum Gasteiger partial charge on any atom is 0.573 e. The average molecular weight is 568 g/mol. The lowest BCUT2D eigenvalue weighted by molar-refractivity contribution is -0.274. The molecule has 3 heterocycles. The number of carbonyl (C=O) groups is 1. The Hall–Kier alpha value is -3.82. The fraction of sp³-hybridized carbons (Fsp3) is 0.217. The number of benzene rings is 1. The molecule has 0 unspecified atom stereocenters. The minimum Gasteiger partial charge on any atom is -0.467 e. The summed E-state index contributed by atoms with van der Waals surface area (Å²) in [7, 11) is -2.68. The third-order valence-electron chi connectivity index (χ3n) is 5.14. The zero-order chi connectivity index (χ0) is 27.3. The van der Waals surface area contributed by atoms with Crippen LogP contribution in [0.1, 0.15) is 17.3 Å². The molecule has 0 spiro atoms. The third kappa shape index (κ3) is 6.93. The molecule has 200 valence electrons. The number of hydrogen-bond acceptors (Lipinski definition) is 9. The molecule has 0 saturated carbocycles. The van der Waals surface area contributed by atoms with E-state index in [1.165, 1.54) is 36.2 Å². The smallest absolute Gasteiger partial charge is 0.467 e. The van der Waals surface area contributed by atoms with E-state index in [0.717, 1.165) is 23.5 Å². The Morgan fingerprint density at radius 1 is 1.13 bits per heavy atom. The van der Waals surface area contributed by atoms with Crippen LogP contribution in [0, 0.1) is 0 Å². The fourth-order valence-electron chi connectivity index (χ4n) is 3.37. The Morgan fingerprint density at radius 2 is 1.89 bits per heavy atom. The molecule has 1 aromatic carbocycles. The monoisotopic (exact) mass is 567 g/mol. The maximum absolute atomic E-state index is 12.8. The number of rotatable bonds is 10. The molecule has 38 heavy (non-hydrogen) atoms. The summed E-state index contributed by atoms with van der Waals surface area (Å²) in [6.07, 6.45) is -1.79. The Morgan fingerprint density at radius 3 is 2.55 bits per heavy atom. The van der Waals surface area contributed by atoms with Gasteiger partial charge in [-0.25, -0.2) is 22.6 Å². The summed E-state index contributed by atoms with van der Waals surface area (Å²) >= 11 is 1.06. The highest BCUT2D eigenvalue weighted by Crippen LogP contribution is 2.29. The highest BCUT2D eigenvalue weighted by molar-refractivity contribution is 7.91. The van der Waals surface area contributed by atoms with Crippen LogP contribution in [0.4, 0.5) is 13.2 Å². The number of sulfonamides is 1. The normalized spacial score (nSPS) is 12.7. The molecule has 3 aromatic heterocycles. The minimum atomic E-state index is -4.82. The van der Waals surface area contributed by atoms with E-state index < -0.39 is 34.1 Å². The summed E-state index contributed by atoms with van der Waals surface area (Å²) in [6.45, 7) is -0.198. The maximum atomic E-state index is 12.8. The average Bonchev–Trinajstić information content (AvgIpc) is 3.57. The van der Waals surface area contributed by atoms with E-state index >= 15 is 0 Å². The Kier molecular flexibility index (Phi) is 8.08. The van der Waals surface area contributed by atoms with Crippen LogP contribution in [-0.4, -0.2) is 47.8 Å². The van der Waals surface area contributed by atoms with Crippen molar-refractivity contribution in [3.05, 3.63) is 78.2 Å². The van der Waals surface area contributed by atoms with E-state index in [-0.39, 0.29) is 22.9 Å². The number of esters is 1. The number of pyridine rings is 1. The van der Waals surface area contributed by atoms with Crippen LogP contribution < -0.4 is 9.46 Å². The van der Waals surface area contributed by atoms with Crippen LogP contribution in [0.15, 0.2) is 71.2 Å². The number of carbonyl (C=O) groups excluding carboxylic acids is 1. The predicted octanol–water partition coefficient (Wildman–Crippen LogP) is 3.74. The first-order valence-corrected chi connectivity index (χ1v) is 13.2. The van der Waals surface area contributed by atoms with Crippen molar-refractivity contribution in [3.8, 4) is 16.3 Å². The van der Waals surface area contributed by atoms with Crippen molar-refractivity contribution in [1.82, 2.24) is 24.7 Å². The first-order valence-electron chi connectivity index (χ1n) is 10.9. The van der Waals surface area contributed by atoms with Crippen molar-refractivity contribution in [3.63, 3.8) is 0 Å². The van der Waals surface area contributed by atoms with Crippen LogP contribution in [0.3, 0.4) is 0 Å². The van der Waals surface area contributed by atoms with Gasteiger partial charge in [-0.05, 0) is 42.0 Å². The molecule has 4 rings (SSSR count). The van der Waals surface area contributed by atoms with Gasteiger partial charge in [0, 0.05) is 12.6 Å². The van der Waals surface area contributed by atoms with E-state index in [4.69, 9.17) is 4.74 Å². The largest absolute Gasteiger partial charge is 0.573 e. The number of hydrogen-bond donors (Lipinski definition) is 1. The number of thiophene rings is 1. The van der Waals surface area contributed by atoms with E-state index in [1.807, 2.05) is 0 Å². The van der Waals surface area contributed by atoms with Gasteiger partial charge >= 0.3 is 12.3 Å². The molecule has 0 aliphatic rings. The number of nitrogens with one attached hydrogen (secondary N) is 1. The second-order valence-electron chi connectivity index (χ2n) is 7.78. The number of aromatic nitrogens is 4. The van der Waals surface area contributed by atoms with E-state index in [2.05, 4.69) is 24.8 Å². The summed E-state index contributed by atoms with van der Waals surface area (Å²) < 4.78 is 75.1. The molecule has 10 nitrogen and oxygen atoms in total. The topological polar surface area (TPSA) is 125 Å². The highest BCUT2D eigenvalue weighted by Gasteiger charge is 2.31. The van der Waals surface area contributed by atoms with Gasteiger partial charge in [0.2, 0.25) is 10.0 Å². The SMILES string of the molecule is COC(=O)[C@H](Cc1ccc(OC(F)(F)F)cc1)n1cc(CNS(=O)(=O)c2ccc(-c3ccccn3)s2)nn1. The van der Waals surface area contributed by atoms with E-state index in [9.17, 15) is 26.4 Å². The molecule has 0 bridgehead atoms. The predicted molar refractivity (Wildman–Crippen MR) is 129 cm³/mol. The van der Waals surface area contributed by atoms with E-state index in [0.29, 0.717) is 16.1 Å². The Bertz CT molecular complexity index is 1490. The van der Waals surface area contributed by atoms with Crippen LogP contribution in [0.25, 0.3) is 10.6 Å². The number of ether oxygens (including phenoxy) is 2. The summed E-state index contributed by atoms with van der Waals surface area (Å²) in [6, 6.07) is 12.5. The number of nitrogens with zero attached hydrogens (tertiary/aromatic N) is 4. The summed E-state index contributed by atoms with van der Waals surface area (Å²) in [5.41, 5.74) is 1.39. The highest BCUT2D eigenvalue weighted by atomic mass is 32.2. The van der Waals surface area contributed by atoms with Gasteiger partial charge in [-0.15, -0.1) is 29.6 Å². The molecule has 0 aliphatic carbocycles. The molecule has 0 radical (unpaired) electrons. The van der Waals surface area contributed by atoms with Gasteiger partial charge in [0.1, 0.15) is 9.96 Å². The molecule has 0 aliphatic heterocycles. The summed E-state index contributed by atoms with van der Waals surface area (Å²) in [5.74, 6) is -1.07. The lowest BCUT2D eigenvalue weighted by Crippen LogP contribution is -2.24. The number of alkyl halides is 3. The van der Waals surface area contributed by atoms with Gasteiger partial charge in [-0.3, -0.25) is 4.98 Å². The molecule has 1 N–H and O–H groups in total. The molecule has 0 saturated heterocycles. The molecular weight excluding hydrogens is 547 g/mol. The van der Waals surface area contributed by atoms with Gasteiger partial charge in [0.25, 0.3) is 0 Å². The van der Waals surface area contributed by atoms with Gasteiger partial charge in [0.05, 0.1) is 36.1 Å². The molecule has 0 amide bonds. The van der Waals surface area contributed by atoms with Crippen molar-refractivity contribution in [1.29, 1.82) is 0 Å². The Balaban J connectivity index is 1.43. The van der Waals surface area contributed by atoms with Crippen LogP contribution >= 0.6 is 11.3 Å². The fourth-order valence-corrected chi connectivity index (χ4v) is 5.70. The number of halogens is 3. The Labute approximate surface area is 219 Å². The van der Waals surface area contributed by atoms with Crippen LogP contribution in [0.2, 0.25) is 0 Å². The van der Waals surface area contributed by atoms with Crippen LogP contribution in [0.5, 0.6) is 5.75 Å². The molecule has 0 fully saturated rings. The molecule has 4 aromatic rings. The standard InChI is InChI=1S/C23H20F3N5O5S2/c1-35-22(32)19(12-15-5-7-17(8-6-15)36-23(24,25)26)31-14-16(29-30-31)13-28-38(33,34)21-10-9-20(37-21)18-4-2-3-11-27-18/h2-11,14,19,28H,12-13H2,1H3/t19-/m0/s1. The minimum absolute atomic E-state index is 0.0268. The molecular formula is C23H20F3N5O5S2. The zero-order valence-corrected chi connectivity index (χ0v) is 21.3. The number of methoxy groups -OCH3 is 1. The lowest BCUT2D eigenvalue weighted by Gasteiger charge is -2.15.